The largest absolute Gasteiger partial charge is 0.357 e. The van der Waals surface area contributed by atoms with Crippen LogP contribution in [-0.4, -0.2) is 23.0 Å². The van der Waals surface area contributed by atoms with Gasteiger partial charge in [-0.2, -0.15) is 0 Å². The van der Waals surface area contributed by atoms with Crippen molar-refractivity contribution in [2.75, 3.05) is 13.1 Å². The number of benzene rings is 1. The summed E-state index contributed by atoms with van der Waals surface area (Å²) in [5.74, 6) is 0. The number of H-pyrrole nitrogens is 1. The van der Waals surface area contributed by atoms with Crippen LogP contribution < -0.4 is 0 Å². The fraction of sp³-hybridized carbons (Fsp3) is 0.412. The lowest BCUT2D eigenvalue weighted by atomic mass is 9.89. The number of nitrogens with zero attached hydrogens (tertiary/aromatic N) is 1. The van der Waals surface area contributed by atoms with E-state index in [1.165, 1.54) is 42.4 Å². The zero-order valence-electron chi connectivity index (χ0n) is 11.4. The molecule has 0 aliphatic carbocycles. The molecule has 19 heavy (non-hydrogen) atoms. The molecule has 2 nitrogen and oxygen atoms in total. The molecular weight excluding hydrogens is 232 g/mol. The number of piperidine rings is 1. The summed E-state index contributed by atoms with van der Waals surface area (Å²) >= 11 is 0. The van der Waals surface area contributed by atoms with Gasteiger partial charge in [0.2, 0.25) is 0 Å². The summed E-state index contributed by atoms with van der Waals surface area (Å²) in [6.07, 6.45) is 6.01. The van der Waals surface area contributed by atoms with Crippen molar-refractivity contribution in [3.8, 4) is 0 Å². The number of rotatable bonds is 0. The number of allylic oxidation sites excluding steroid dienone is 1. The summed E-state index contributed by atoms with van der Waals surface area (Å²) in [5.41, 5.74) is 5.98. The molecule has 3 heterocycles. The standard InChI is InChI=1S/C17H20N2/c1-2-12-7-8-16-17-14(9-10-19(16)11-12)13-5-3-4-6-15(13)18-17/h2-6,16,18H,7-11H2,1H3/b12-2+/t16-/m0/s1. The van der Waals surface area contributed by atoms with Crippen molar-refractivity contribution in [1.29, 1.82) is 0 Å². The van der Waals surface area contributed by atoms with Gasteiger partial charge < -0.3 is 4.98 Å². The summed E-state index contributed by atoms with van der Waals surface area (Å²) in [6.45, 7) is 4.54. The molecule has 4 rings (SSSR count). The van der Waals surface area contributed by atoms with Gasteiger partial charge in [-0.3, -0.25) is 4.90 Å². The molecule has 2 heteroatoms. The van der Waals surface area contributed by atoms with Crippen molar-refractivity contribution in [2.24, 2.45) is 0 Å². The molecule has 98 valence electrons. The molecule has 0 unspecified atom stereocenters. The second-order valence-electron chi connectivity index (χ2n) is 5.78. The fourth-order valence-electron chi connectivity index (χ4n) is 3.78. The third-order valence-corrected chi connectivity index (χ3v) is 4.82. The monoisotopic (exact) mass is 252 g/mol. The van der Waals surface area contributed by atoms with Gasteiger partial charge in [0, 0.05) is 29.7 Å². The Morgan fingerprint density at radius 2 is 2.16 bits per heavy atom. The van der Waals surface area contributed by atoms with E-state index in [2.05, 4.69) is 47.1 Å². The van der Waals surface area contributed by atoms with Crippen LogP contribution in [0.1, 0.15) is 37.1 Å². The summed E-state index contributed by atoms with van der Waals surface area (Å²) in [6, 6.07) is 9.36. The average molecular weight is 252 g/mol. The van der Waals surface area contributed by atoms with Crippen molar-refractivity contribution in [3.63, 3.8) is 0 Å². The summed E-state index contributed by atoms with van der Waals surface area (Å²) in [4.78, 5) is 6.34. The van der Waals surface area contributed by atoms with Crippen molar-refractivity contribution in [1.82, 2.24) is 9.88 Å². The van der Waals surface area contributed by atoms with Gasteiger partial charge in [0.05, 0.1) is 6.04 Å². The predicted molar refractivity (Wildman–Crippen MR) is 79.3 cm³/mol. The van der Waals surface area contributed by atoms with E-state index in [9.17, 15) is 0 Å². The van der Waals surface area contributed by atoms with Crippen LogP contribution in [0.15, 0.2) is 35.9 Å². The van der Waals surface area contributed by atoms with E-state index < -0.39 is 0 Å². The van der Waals surface area contributed by atoms with E-state index in [-0.39, 0.29) is 0 Å². The van der Waals surface area contributed by atoms with Gasteiger partial charge >= 0.3 is 0 Å². The Kier molecular flexibility index (Phi) is 2.52. The molecule has 0 bridgehead atoms. The van der Waals surface area contributed by atoms with E-state index in [1.54, 1.807) is 11.1 Å². The van der Waals surface area contributed by atoms with E-state index in [1.807, 2.05) is 0 Å². The van der Waals surface area contributed by atoms with Crippen LogP contribution in [0.25, 0.3) is 10.9 Å². The molecule has 1 saturated heterocycles. The van der Waals surface area contributed by atoms with Crippen molar-refractivity contribution in [3.05, 3.63) is 47.2 Å². The molecular formula is C17H20N2. The molecule has 1 atom stereocenters. The lowest BCUT2D eigenvalue weighted by Crippen LogP contribution is -2.39. The number of hydrogen-bond acceptors (Lipinski definition) is 1. The first kappa shape index (κ1) is 11.3. The van der Waals surface area contributed by atoms with Crippen molar-refractivity contribution < 1.29 is 0 Å². The maximum Gasteiger partial charge on any atom is 0.0508 e. The number of fused-ring (bicyclic) bond motifs is 5. The van der Waals surface area contributed by atoms with Crippen LogP contribution in [0, 0.1) is 0 Å². The predicted octanol–water partition coefficient (Wildman–Crippen LogP) is 3.81. The van der Waals surface area contributed by atoms with Gasteiger partial charge in [-0.25, -0.2) is 0 Å². The normalized spacial score (nSPS) is 25.5. The van der Waals surface area contributed by atoms with Gasteiger partial charge in [0.25, 0.3) is 0 Å². The summed E-state index contributed by atoms with van der Waals surface area (Å²) < 4.78 is 0. The molecule has 1 aromatic heterocycles. The Morgan fingerprint density at radius 3 is 3.05 bits per heavy atom. The molecule has 1 N–H and O–H groups in total. The van der Waals surface area contributed by atoms with Crippen LogP contribution in [0.4, 0.5) is 0 Å². The molecule has 0 spiro atoms. The second kappa shape index (κ2) is 4.24. The first-order valence-corrected chi connectivity index (χ1v) is 7.34. The Morgan fingerprint density at radius 1 is 1.26 bits per heavy atom. The zero-order valence-corrected chi connectivity index (χ0v) is 11.4. The fourth-order valence-corrected chi connectivity index (χ4v) is 3.78. The molecule has 2 aliphatic rings. The van der Waals surface area contributed by atoms with Gasteiger partial charge in [0.1, 0.15) is 0 Å². The summed E-state index contributed by atoms with van der Waals surface area (Å²) in [5, 5.41) is 1.44. The van der Waals surface area contributed by atoms with Crippen molar-refractivity contribution in [2.45, 2.75) is 32.2 Å². The minimum absolute atomic E-state index is 0.611. The molecule has 0 amide bonds. The number of nitrogens with one attached hydrogen (secondary N) is 1. The van der Waals surface area contributed by atoms with E-state index in [0.29, 0.717) is 6.04 Å². The molecule has 1 fully saturated rings. The minimum atomic E-state index is 0.611. The second-order valence-corrected chi connectivity index (χ2v) is 5.78. The van der Waals surface area contributed by atoms with Crippen LogP contribution >= 0.6 is 0 Å². The lowest BCUT2D eigenvalue weighted by molar-refractivity contribution is 0.165. The number of hydrogen-bond donors (Lipinski definition) is 1. The van der Waals surface area contributed by atoms with Gasteiger partial charge in [-0.1, -0.05) is 29.8 Å². The number of para-hydroxylation sites is 1. The highest BCUT2D eigenvalue weighted by atomic mass is 15.2. The van der Waals surface area contributed by atoms with E-state index >= 15 is 0 Å². The molecule has 2 aromatic rings. The Bertz CT molecular complexity index is 650. The quantitative estimate of drug-likeness (QED) is 0.706. The van der Waals surface area contributed by atoms with Crippen LogP contribution in [0.5, 0.6) is 0 Å². The SMILES string of the molecule is C/C=C1\CC[C@H]2c3[nH]c4ccccc4c3CCN2C1. The van der Waals surface area contributed by atoms with E-state index in [4.69, 9.17) is 0 Å². The molecule has 0 radical (unpaired) electrons. The third kappa shape index (κ3) is 1.67. The highest BCUT2D eigenvalue weighted by Crippen LogP contribution is 2.40. The van der Waals surface area contributed by atoms with E-state index in [0.717, 1.165) is 6.54 Å². The maximum absolute atomic E-state index is 3.69. The van der Waals surface area contributed by atoms with Gasteiger partial charge in [-0.15, -0.1) is 0 Å². The van der Waals surface area contributed by atoms with Gasteiger partial charge in [-0.05, 0) is 37.8 Å². The number of aromatic nitrogens is 1. The molecule has 1 aromatic carbocycles. The first-order valence-electron chi connectivity index (χ1n) is 7.34. The van der Waals surface area contributed by atoms with Crippen LogP contribution in [0.2, 0.25) is 0 Å². The van der Waals surface area contributed by atoms with Crippen molar-refractivity contribution >= 4 is 10.9 Å². The highest BCUT2D eigenvalue weighted by molar-refractivity contribution is 5.85. The van der Waals surface area contributed by atoms with Gasteiger partial charge in [0.15, 0.2) is 0 Å². The summed E-state index contributed by atoms with van der Waals surface area (Å²) in [7, 11) is 0. The van der Waals surface area contributed by atoms with Crippen LogP contribution in [0.3, 0.4) is 0 Å². The Hall–Kier alpha value is -1.54. The Labute approximate surface area is 114 Å². The number of aromatic amines is 1. The third-order valence-electron chi connectivity index (χ3n) is 4.82. The highest BCUT2D eigenvalue weighted by Gasteiger charge is 2.32. The zero-order chi connectivity index (χ0) is 12.8. The van der Waals surface area contributed by atoms with Crippen LogP contribution in [-0.2, 0) is 6.42 Å². The topological polar surface area (TPSA) is 19.0 Å². The first-order chi connectivity index (χ1) is 9.36. The lowest BCUT2D eigenvalue weighted by Gasteiger charge is -2.40. The minimum Gasteiger partial charge on any atom is -0.357 e. The average Bonchev–Trinajstić information content (AvgIpc) is 2.85. The molecule has 0 saturated carbocycles. The smallest absolute Gasteiger partial charge is 0.0508 e. The maximum atomic E-state index is 3.69. The Balaban J connectivity index is 1.79. The molecule has 2 aliphatic heterocycles.